The van der Waals surface area contributed by atoms with E-state index in [-0.39, 0.29) is 6.04 Å². The van der Waals surface area contributed by atoms with Crippen molar-refractivity contribution in [3.63, 3.8) is 0 Å². The van der Waals surface area contributed by atoms with E-state index < -0.39 is 0 Å². The molecule has 1 atom stereocenters. The van der Waals surface area contributed by atoms with E-state index in [2.05, 4.69) is 13.8 Å². The van der Waals surface area contributed by atoms with Gasteiger partial charge in [-0.15, -0.1) is 0 Å². The van der Waals surface area contributed by atoms with Gasteiger partial charge in [-0.2, -0.15) is 0 Å². The number of nitrogens with two attached hydrogens (primary N) is 1. The first kappa shape index (κ1) is 12.8. The maximum Gasteiger partial charge on any atom is 0.0624 e. The van der Waals surface area contributed by atoms with Crippen molar-refractivity contribution in [3.05, 3.63) is 33.8 Å². The molecule has 15 heavy (non-hydrogen) atoms. The van der Waals surface area contributed by atoms with Crippen LogP contribution in [0, 0.1) is 5.92 Å². The highest BCUT2D eigenvalue weighted by Crippen LogP contribution is 2.26. The molecule has 0 fully saturated rings. The van der Waals surface area contributed by atoms with Gasteiger partial charge in [-0.25, -0.2) is 0 Å². The van der Waals surface area contributed by atoms with Crippen LogP contribution in [0.15, 0.2) is 18.2 Å². The number of hydrogen-bond donors (Lipinski definition) is 1. The topological polar surface area (TPSA) is 26.0 Å². The highest BCUT2D eigenvalue weighted by Gasteiger charge is 2.10. The molecule has 1 rings (SSSR count). The lowest BCUT2D eigenvalue weighted by atomic mass is 9.98. The lowest BCUT2D eigenvalue weighted by Gasteiger charge is -2.15. The average Bonchev–Trinajstić information content (AvgIpc) is 2.19. The molecule has 0 aromatic heterocycles. The van der Waals surface area contributed by atoms with Gasteiger partial charge in [0.15, 0.2) is 0 Å². The van der Waals surface area contributed by atoms with Crippen LogP contribution in [0.25, 0.3) is 0 Å². The van der Waals surface area contributed by atoms with Crippen LogP contribution < -0.4 is 5.73 Å². The van der Waals surface area contributed by atoms with Gasteiger partial charge in [0.25, 0.3) is 0 Å². The molecule has 0 spiro atoms. The molecule has 1 aromatic carbocycles. The van der Waals surface area contributed by atoms with Crippen LogP contribution in [0.2, 0.25) is 10.0 Å². The average molecular weight is 246 g/mol. The standard InChI is InChI=1S/C12H17Cl2N/c1-8(2)11(15)7-6-9-4-3-5-10(13)12(9)14/h3-5,8,11H,6-7,15H2,1-2H3. The second-order valence-electron chi connectivity index (χ2n) is 4.16. The molecule has 0 aliphatic heterocycles. The summed E-state index contributed by atoms with van der Waals surface area (Å²) in [6, 6.07) is 5.95. The van der Waals surface area contributed by atoms with Gasteiger partial charge in [-0.3, -0.25) is 0 Å². The Morgan fingerprint density at radius 2 is 1.93 bits per heavy atom. The van der Waals surface area contributed by atoms with Crippen molar-refractivity contribution in [3.8, 4) is 0 Å². The molecule has 0 amide bonds. The Kier molecular flexibility index (Phi) is 4.91. The fourth-order valence-electron chi connectivity index (χ4n) is 1.40. The summed E-state index contributed by atoms with van der Waals surface area (Å²) in [5.74, 6) is 0.503. The Morgan fingerprint density at radius 3 is 2.53 bits per heavy atom. The third-order valence-corrected chi connectivity index (χ3v) is 3.49. The van der Waals surface area contributed by atoms with Crippen molar-refractivity contribution < 1.29 is 0 Å². The van der Waals surface area contributed by atoms with Crippen molar-refractivity contribution in [2.24, 2.45) is 11.7 Å². The second kappa shape index (κ2) is 5.74. The molecule has 0 aliphatic carbocycles. The smallest absolute Gasteiger partial charge is 0.0624 e. The Balaban J connectivity index is 2.62. The third-order valence-electron chi connectivity index (χ3n) is 2.63. The molecular weight excluding hydrogens is 229 g/mol. The molecule has 1 unspecified atom stereocenters. The Morgan fingerprint density at radius 1 is 1.27 bits per heavy atom. The maximum absolute atomic E-state index is 6.08. The fourth-order valence-corrected chi connectivity index (χ4v) is 1.81. The SMILES string of the molecule is CC(C)C(N)CCc1cccc(Cl)c1Cl. The molecule has 0 heterocycles. The third kappa shape index (κ3) is 3.67. The van der Waals surface area contributed by atoms with E-state index in [4.69, 9.17) is 28.9 Å². The second-order valence-corrected chi connectivity index (χ2v) is 4.94. The number of aryl methyl sites for hydroxylation is 1. The first-order chi connectivity index (χ1) is 7.02. The summed E-state index contributed by atoms with van der Waals surface area (Å²) in [7, 11) is 0. The van der Waals surface area contributed by atoms with Gasteiger partial charge in [-0.05, 0) is 30.4 Å². The van der Waals surface area contributed by atoms with E-state index in [1.54, 1.807) is 6.07 Å². The van der Waals surface area contributed by atoms with Crippen LogP contribution in [0.1, 0.15) is 25.8 Å². The Labute approximate surface area is 102 Å². The number of benzene rings is 1. The van der Waals surface area contributed by atoms with E-state index in [1.807, 2.05) is 12.1 Å². The van der Waals surface area contributed by atoms with E-state index in [1.165, 1.54) is 0 Å². The summed E-state index contributed by atoms with van der Waals surface area (Å²) in [6.07, 6.45) is 1.83. The van der Waals surface area contributed by atoms with Crippen molar-refractivity contribution >= 4 is 23.2 Å². The van der Waals surface area contributed by atoms with Gasteiger partial charge < -0.3 is 5.73 Å². The van der Waals surface area contributed by atoms with Crippen molar-refractivity contribution in [2.45, 2.75) is 32.7 Å². The van der Waals surface area contributed by atoms with Crippen LogP contribution in [-0.4, -0.2) is 6.04 Å². The van der Waals surface area contributed by atoms with Crippen molar-refractivity contribution in [1.82, 2.24) is 0 Å². The molecule has 0 radical (unpaired) electrons. The molecule has 0 saturated heterocycles. The summed E-state index contributed by atoms with van der Waals surface area (Å²) >= 11 is 12.0. The predicted octanol–water partition coefficient (Wildman–Crippen LogP) is 3.91. The molecule has 1 aromatic rings. The van der Waals surface area contributed by atoms with E-state index in [9.17, 15) is 0 Å². The highest BCUT2D eigenvalue weighted by atomic mass is 35.5. The highest BCUT2D eigenvalue weighted by molar-refractivity contribution is 6.42. The molecule has 0 saturated carbocycles. The summed E-state index contributed by atoms with van der Waals surface area (Å²) in [6.45, 7) is 4.26. The fraction of sp³-hybridized carbons (Fsp3) is 0.500. The Bertz CT molecular complexity index is 323. The maximum atomic E-state index is 6.08. The number of halogens is 2. The van der Waals surface area contributed by atoms with Gasteiger partial charge >= 0.3 is 0 Å². The molecule has 2 N–H and O–H groups in total. The van der Waals surface area contributed by atoms with Crippen LogP contribution in [0.3, 0.4) is 0 Å². The molecule has 0 aliphatic rings. The largest absolute Gasteiger partial charge is 0.327 e. The van der Waals surface area contributed by atoms with Crippen molar-refractivity contribution in [2.75, 3.05) is 0 Å². The van der Waals surface area contributed by atoms with Crippen molar-refractivity contribution in [1.29, 1.82) is 0 Å². The summed E-state index contributed by atoms with van der Waals surface area (Å²) in [5.41, 5.74) is 7.06. The van der Waals surface area contributed by atoms with E-state index in [0.29, 0.717) is 16.0 Å². The summed E-state index contributed by atoms with van der Waals surface area (Å²) < 4.78 is 0. The first-order valence-electron chi connectivity index (χ1n) is 5.21. The van der Waals surface area contributed by atoms with Gasteiger partial charge in [-0.1, -0.05) is 49.2 Å². The molecule has 84 valence electrons. The molecular formula is C12H17Cl2N. The zero-order chi connectivity index (χ0) is 11.4. The van der Waals surface area contributed by atoms with Crippen LogP contribution in [0.5, 0.6) is 0 Å². The van der Waals surface area contributed by atoms with Gasteiger partial charge in [0, 0.05) is 6.04 Å². The number of hydrogen-bond acceptors (Lipinski definition) is 1. The molecule has 3 heteroatoms. The lowest BCUT2D eigenvalue weighted by Crippen LogP contribution is -2.26. The Hall–Kier alpha value is -0.240. The lowest BCUT2D eigenvalue weighted by molar-refractivity contribution is 0.464. The monoisotopic (exact) mass is 245 g/mol. The molecule has 0 bridgehead atoms. The molecule has 1 nitrogen and oxygen atoms in total. The number of rotatable bonds is 4. The predicted molar refractivity (Wildman–Crippen MR) is 67.6 cm³/mol. The van der Waals surface area contributed by atoms with Gasteiger partial charge in [0.1, 0.15) is 0 Å². The van der Waals surface area contributed by atoms with Gasteiger partial charge in [0.05, 0.1) is 10.0 Å². The van der Waals surface area contributed by atoms with E-state index >= 15 is 0 Å². The zero-order valence-electron chi connectivity index (χ0n) is 9.13. The summed E-state index contributed by atoms with van der Waals surface area (Å²) in [5, 5.41) is 1.28. The van der Waals surface area contributed by atoms with Gasteiger partial charge in [0.2, 0.25) is 0 Å². The minimum absolute atomic E-state index is 0.222. The zero-order valence-corrected chi connectivity index (χ0v) is 10.6. The normalized spacial score (nSPS) is 13.2. The summed E-state index contributed by atoms with van der Waals surface area (Å²) in [4.78, 5) is 0. The van der Waals surface area contributed by atoms with Crippen LogP contribution in [-0.2, 0) is 6.42 Å². The minimum Gasteiger partial charge on any atom is -0.327 e. The first-order valence-corrected chi connectivity index (χ1v) is 5.96. The van der Waals surface area contributed by atoms with Crippen LogP contribution >= 0.6 is 23.2 Å². The quantitative estimate of drug-likeness (QED) is 0.856. The van der Waals surface area contributed by atoms with E-state index in [0.717, 1.165) is 18.4 Å². The minimum atomic E-state index is 0.222. The van der Waals surface area contributed by atoms with Crippen LogP contribution in [0.4, 0.5) is 0 Å².